The molecule has 0 amide bonds. The third kappa shape index (κ3) is 3.42. The predicted octanol–water partition coefficient (Wildman–Crippen LogP) is 1.97. The van der Waals surface area contributed by atoms with Gasteiger partial charge in [0.25, 0.3) is 0 Å². The van der Waals surface area contributed by atoms with E-state index in [1.165, 1.54) is 0 Å². The van der Waals surface area contributed by atoms with Gasteiger partial charge in [0.05, 0.1) is 24.4 Å². The number of methoxy groups -OCH3 is 1. The van der Waals surface area contributed by atoms with E-state index in [0.29, 0.717) is 17.1 Å². The number of hydrogen-bond acceptors (Lipinski definition) is 5. The largest absolute Gasteiger partial charge is 0.495 e. The van der Waals surface area contributed by atoms with Gasteiger partial charge < -0.3 is 21.3 Å². The van der Waals surface area contributed by atoms with Gasteiger partial charge in [-0.25, -0.2) is 0 Å². The first kappa shape index (κ1) is 14.7. The molecule has 0 aliphatic heterocycles. The lowest BCUT2D eigenvalue weighted by Gasteiger charge is -2.31. The maximum absolute atomic E-state index is 9.91. The van der Waals surface area contributed by atoms with Crippen LogP contribution < -0.4 is 16.2 Å². The Labute approximate surface area is 119 Å². The lowest BCUT2D eigenvalue weighted by atomic mass is 9.84. The van der Waals surface area contributed by atoms with Crippen LogP contribution in [0.25, 0.3) is 0 Å². The monoisotopic (exact) mass is 277 g/mol. The van der Waals surface area contributed by atoms with Gasteiger partial charge in [-0.2, -0.15) is 0 Å². The van der Waals surface area contributed by atoms with Crippen LogP contribution in [-0.2, 0) is 0 Å². The third-order valence-corrected chi connectivity index (χ3v) is 3.89. The Morgan fingerprint density at radius 1 is 1.30 bits per heavy atom. The number of nitrogens with zero attached hydrogens (tertiary/aromatic N) is 1. The average molecular weight is 277 g/mol. The second-order valence-electron chi connectivity index (χ2n) is 5.73. The lowest BCUT2D eigenvalue weighted by Crippen LogP contribution is -2.31. The highest BCUT2D eigenvalue weighted by Crippen LogP contribution is 2.30. The van der Waals surface area contributed by atoms with Gasteiger partial charge >= 0.3 is 0 Å². The van der Waals surface area contributed by atoms with E-state index in [2.05, 4.69) is 4.99 Å². The summed E-state index contributed by atoms with van der Waals surface area (Å²) >= 11 is 0. The zero-order chi connectivity index (χ0) is 14.8. The Balaban J connectivity index is 2.07. The molecule has 2 rings (SSSR count). The van der Waals surface area contributed by atoms with Crippen LogP contribution in [0.3, 0.4) is 0 Å². The van der Waals surface area contributed by atoms with E-state index in [1.54, 1.807) is 25.5 Å². The molecule has 1 saturated carbocycles. The van der Waals surface area contributed by atoms with Crippen molar-refractivity contribution in [1.82, 2.24) is 0 Å². The summed E-state index contributed by atoms with van der Waals surface area (Å²) in [5.74, 6) is 0.577. The second kappa shape index (κ2) is 5.71. The standard InChI is InChI=1S/C15H23N3O2/c1-15(19)5-3-11(4-6-15)18-9-10-7-13(17)14(20-2)8-12(10)16/h7-9,11,19H,3-6,16-17H2,1-2H3. The normalized spacial score (nSPS) is 26.9. The van der Waals surface area contributed by atoms with E-state index in [4.69, 9.17) is 16.2 Å². The molecule has 1 aliphatic carbocycles. The fraction of sp³-hybridized carbons (Fsp3) is 0.533. The first-order valence-electron chi connectivity index (χ1n) is 6.90. The minimum atomic E-state index is -0.532. The average Bonchev–Trinajstić information content (AvgIpc) is 2.40. The summed E-state index contributed by atoms with van der Waals surface area (Å²) in [5.41, 5.74) is 13.3. The van der Waals surface area contributed by atoms with E-state index >= 15 is 0 Å². The zero-order valence-corrected chi connectivity index (χ0v) is 12.1. The summed E-state index contributed by atoms with van der Waals surface area (Å²) in [6.45, 7) is 1.88. The molecule has 1 fully saturated rings. The topological polar surface area (TPSA) is 93.9 Å². The minimum absolute atomic E-state index is 0.248. The lowest BCUT2D eigenvalue weighted by molar-refractivity contribution is 0.0181. The molecule has 20 heavy (non-hydrogen) atoms. The number of rotatable bonds is 3. The summed E-state index contributed by atoms with van der Waals surface area (Å²) in [4.78, 5) is 4.56. The number of aliphatic imine (C=N–C) groups is 1. The SMILES string of the molecule is COc1cc(N)c(C=NC2CCC(C)(O)CC2)cc1N. The minimum Gasteiger partial charge on any atom is -0.495 e. The second-order valence-corrected chi connectivity index (χ2v) is 5.73. The van der Waals surface area contributed by atoms with Gasteiger partial charge in [-0.15, -0.1) is 0 Å². The van der Waals surface area contributed by atoms with Gasteiger partial charge in [-0.3, -0.25) is 4.99 Å². The molecule has 1 aliphatic rings. The highest BCUT2D eigenvalue weighted by molar-refractivity contribution is 5.89. The van der Waals surface area contributed by atoms with Crippen molar-refractivity contribution in [3.8, 4) is 5.75 Å². The summed E-state index contributed by atoms with van der Waals surface area (Å²) in [7, 11) is 1.56. The molecule has 0 saturated heterocycles. The van der Waals surface area contributed by atoms with Crippen LogP contribution in [0.1, 0.15) is 38.2 Å². The van der Waals surface area contributed by atoms with Crippen LogP contribution in [0.5, 0.6) is 5.75 Å². The van der Waals surface area contributed by atoms with Crippen LogP contribution in [0, 0.1) is 0 Å². The molecule has 0 unspecified atom stereocenters. The van der Waals surface area contributed by atoms with Crippen LogP contribution >= 0.6 is 0 Å². The molecule has 5 nitrogen and oxygen atoms in total. The summed E-state index contributed by atoms with van der Waals surface area (Å²) < 4.78 is 5.12. The maximum Gasteiger partial charge on any atom is 0.143 e. The summed E-state index contributed by atoms with van der Waals surface area (Å²) in [6, 6.07) is 3.73. The van der Waals surface area contributed by atoms with Gasteiger partial charge in [-0.1, -0.05) is 0 Å². The quantitative estimate of drug-likeness (QED) is 0.581. The maximum atomic E-state index is 9.91. The highest BCUT2D eigenvalue weighted by atomic mass is 16.5. The van der Waals surface area contributed by atoms with E-state index in [-0.39, 0.29) is 6.04 Å². The van der Waals surface area contributed by atoms with Crippen molar-refractivity contribution in [3.05, 3.63) is 17.7 Å². The molecule has 1 aromatic carbocycles. The number of ether oxygens (including phenoxy) is 1. The van der Waals surface area contributed by atoms with E-state index in [0.717, 1.165) is 31.2 Å². The van der Waals surface area contributed by atoms with Crippen molar-refractivity contribution >= 4 is 17.6 Å². The molecule has 110 valence electrons. The Bertz CT molecular complexity index is 502. The van der Waals surface area contributed by atoms with Gasteiger partial charge in [0, 0.05) is 23.5 Å². The van der Waals surface area contributed by atoms with Crippen LogP contribution in [-0.4, -0.2) is 30.1 Å². The predicted molar refractivity (Wildman–Crippen MR) is 82.3 cm³/mol. The Morgan fingerprint density at radius 3 is 2.55 bits per heavy atom. The van der Waals surface area contributed by atoms with Crippen LogP contribution in [0.4, 0.5) is 11.4 Å². The molecule has 0 radical (unpaired) electrons. The molecule has 0 atom stereocenters. The van der Waals surface area contributed by atoms with Crippen LogP contribution in [0.2, 0.25) is 0 Å². The van der Waals surface area contributed by atoms with E-state index < -0.39 is 5.60 Å². The van der Waals surface area contributed by atoms with Gasteiger partial charge in [-0.05, 0) is 38.7 Å². The number of nitrogen functional groups attached to an aromatic ring is 2. The van der Waals surface area contributed by atoms with Crippen molar-refractivity contribution in [1.29, 1.82) is 0 Å². The van der Waals surface area contributed by atoms with E-state index in [1.807, 2.05) is 6.92 Å². The van der Waals surface area contributed by atoms with Crippen LogP contribution in [0.15, 0.2) is 17.1 Å². The molecule has 0 spiro atoms. The summed E-state index contributed by atoms with van der Waals surface area (Å²) in [6.07, 6.45) is 5.14. The van der Waals surface area contributed by atoms with Gasteiger partial charge in [0.15, 0.2) is 0 Å². The Hall–Kier alpha value is -1.75. The number of anilines is 2. The molecule has 5 N–H and O–H groups in total. The molecule has 5 heteroatoms. The van der Waals surface area contributed by atoms with Crippen molar-refractivity contribution in [2.24, 2.45) is 4.99 Å². The smallest absolute Gasteiger partial charge is 0.143 e. The molecular formula is C15H23N3O2. The number of hydrogen-bond donors (Lipinski definition) is 3. The summed E-state index contributed by atoms with van der Waals surface area (Å²) in [5, 5.41) is 9.91. The fourth-order valence-electron chi connectivity index (χ4n) is 2.48. The fourth-order valence-corrected chi connectivity index (χ4v) is 2.48. The Kier molecular flexibility index (Phi) is 4.18. The van der Waals surface area contributed by atoms with Gasteiger partial charge in [0.1, 0.15) is 5.75 Å². The first-order valence-corrected chi connectivity index (χ1v) is 6.90. The van der Waals surface area contributed by atoms with Crippen molar-refractivity contribution in [2.75, 3.05) is 18.6 Å². The van der Waals surface area contributed by atoms with Gasteiger partial charge in [0.2, 0.25) is 0 Å². The molecule has 1 aromatic rings. The van der Waals surface area contributed by atoms with E-state index in [9.17, 15) is 5.11 Å². The molecule has 0 bridgehead atoms. The first-order chi connectivity index (χ1) is 9.41. The number of nitrogens with two attached hydrogens (primary N) is 2. The number of aliphatic hydroxyl groups is 1. The number of benzene rings is 1. The van der Waals surface area contributed by atoms with Crippen molar-refractivity contribution < 1.29 is 9.84 Å². The van der Waals surface area contributed by atoms with Crippen molar-refractivity contribution in [2.45, 2.75) is 44.2 Å². The highest BCUT2D eigenvalue weighted by Gasteiger charge is 2.27. The third-order valence-electron chi connectivity index (χ3n) is 3.89. The molecule has 0 aromatic heterocycles. The zero-order valence-electron chi connectivity index (χ0n) is 12.1. The molecular weight excluding hydrogens is 254 g/mol. The molecule has 0 heterocycles. The Morgan fingerprint density at radius 2 is 1.95 bits per heavy atom. The van der Waals surface area contributed by atoms with Crippen molar-refractivity contribution in [3.63, 3.8) is 0 Å².